The largest absolute Gasteiger partial charge is 0.481 e. The van der Waals surface area contributed by atoms with Gasteiger partial charge < -0.3 is 14.8 Å². The molecule has 1 unspecified atom stereocenters. The zero-order valence-corrected chi connectivity index (χ0v) is 15.3. The molecule has 8 heteroatoms. The molecule has 0 aromatic heterocycles. The second-order valence-corrected chi connectivity index (χ2v) is 6.30. The van der Waals surface area contributed by atoms with E-state index in [4.69, 9.17) is 16.3 Å². The van der Waals surface area contributed by atoms with Gasteiger partial charge in [0, 0.05) is 11.6 Å². The summed E-state index contributed by atoms with van der Waals surface area (Å²) < 4.78 is 46.2. The highest BCUT2D eigenvalue weighted by atomic mass is 35.5. The van der Waals surface area contributed by atoms with Gasteiger partial charge in [0.15, 0.2) is 6.10 Å². The molecule has 2 aromatic carbocycles. The zero-order chi connectivity index (χ0) is 19.9. The van der Waals surface area contributed by atoms with Crippen LogP contribution in [0.3, 0.4) is 0 Å². The van der Waals surface area contributed by atoms with Gasteiger partial charge in [-0.05, 0) is 36.2 Å². The Morgan fingerprint density at radius 3 is 2.44 bits per heavy atom. The average Bonchev–Trinajstić information content (AvgIpc) is 2.59. The Kier molecular flexibility index (Phi) is 7.50. The lowest BCUT2D eigenvalue weighted by atomic mass is 10.1. The van der Waals surface area contributed by atoms with Crippen LogP contribution in [-0.4, -0.2) is 24.8 Å². The first-order valence-electron chi connectivity index (χ1n) is 8.15. The molecule has 2 rings (SSSR count). The van der Waals surface area contributed by atoms with Crippen LogP contribution in [0.1, 0.15) is 18.1 Å². The molecule has 0 fully saturated rings. The summed E-state index contributed by atoms with van der Waals surface area (Å²) in [6.45, 7) is 0.481. The molecule has 0 radical (unpaired) electrons. The summed E-state index contributed by atoms with van der Waals surface area (Å²) in [7, 11) is 0. The van der Waals surface area contributed by atoms with E-state index in [0.29, 0.717) is 16.3 Å². The van der Waals surface area contributed by atoms with Crippen molar-refractivity contribution in [3.63, 3.8) is 0 Å². The highest BCUT2D eigenvalue weighted by Crippen LogP contribution is 2.18. The SMILES string of the molecule is CC(Oc1cccc(Cl)c1)C(=O)NCc1ccc(COCC(F)(F)F)cc1. The molecule has 0 aliphatic carbocycles. The van der Waals surface area contributed by atoms with Crippen molar-refractivity contribution in [1.29, 1.82) is 0 Å². The second-order valence-electron chi connectivity index (χ2n) is 5.86. The monoisotopic (exact) mass is 401 g/mol. The maximum atomic E-state index is 12.1. The molecule has 1 N–H and O–H groups in total. The molecule has 27 heavy (non-hydrogen) atoms. The Morgan fingerprint density at radius 2 is 1.81 bits per heavy atom. The first-order chi connectivity index (χ1) is 12.7. The van der Waals surface area contributed by atoms with Crippen LogP contribution in [0, 0.1) is 0 Å². The van der Waals surface area contributed by atoms with E-state index in [1.807, 2.05) is 0 Å². The predicted octanol–water partition coefficient (Wildman–Crippen LogP) is 4.50. The third-order valence-corrected chi connectivity index (χ3v) is 3.74. The third-order valence-electron chi connectivity index (χ3n) is 3.50. The van der Waals surface area contributed by atoms with Crippen molar-refractivity contribution >= 4 is 17.5 Å². The van der Waals surface area contributed by atoms with Crippen molar-refractivity contribution in [3.8, 4) is 5.75 Å². The van der Waals surface area contributed by atoms with Gasteiger partial charge in [0.25, 0.3) is 5.91 Å². The Hall–Kier alpha value is -2.25. The average molecular weight is 402 g/mol. The predicted molar refractivity (Wildman–Crippen MR) is 95.5 cm³/mol. The number of rotatable bonds is 8. The lowest BCUT2D eigenvalue weighted by molar-refractivity contribution is -0.176. The normalized spacial score (nSPS) is 12.5. The number of benzene rings is 2. The van der Waals surface area contributed by atoms with E-state index in [-0.39, 0.29) is 19.1 Å². The van der Waals surface area contributed by atoms with Crippen molar-refractivity contribution in [2.75, 3.05) is 6.61 Å². The topological polar surface area (TPSA) is 47.6 Å². The van der Waals surface area contributed by atoms with Crippen molar-refractivity contribution in [1.82, 2.24) is 5.32 Å². The zero-order valence-electron chi connectivity index (χ0n) is 14.6. The van der Waals surface area contributed by atoms with E-state index >= 15 is 0 Å². The van der Waals surface area contributed by atoms with Crippen LogP contribution in [0.5, 0.6) is 5.75 Å². The van der Waals surface area contributed by atoms with E-state index < -0.39 is 18.9 Å². The maximum absolute atomic E-state index is 12.1. The van der Waals surface area contributed by atoms with Crippen LogP contribution in [-0.2, 0) is 22.7 Å². The molecule has 0 spiro atoms. The lowest BCUT2D eigenvalue weighted by Gasteiger charge is -2.15. The molecule has 146 valence electrons. The molecule has 2 aromatic rings. The minimum Gasteiger partial charge on any atom is -0.481 e. The quantitative estimate of drug-likeness (QED) is 0.708. The highest BCUT2D eigenvalue weighted by Gasteiger charge is 2.27. The lowest BCUT2D eigenvalue weighted by Crippen LogP contribution is -2.35. The van der Waals surface area contributed by atoms with Crippen molar-refractivity contribution in [3.05, 3.63) is 64.7 Å². The molecule has 0 bridgehead atoms. The molecular weight excluding hydrogens is 383 g/mol. The minimum absolute atomic E-state index is 0.128. The van der Waals surface area contributed by atoms with Crippen LogP contribution < -0.4 is 10.1 Å². The van der Waals surface area contributed by atoms with Gasteiger partial charge in [0.2, 0.25) is 0 Å². The van der Waals surface area contributed by atoms with Crippen LogP contribution in [0.15, 0.2) is 48.5 Å². The Labute approximate surface area is 160 Å². The van der Waals surface area contributed by atoms with E-state index in [0.717, 1.165) is 5.56 Å². The number of hydrogen-bond donors (Lipinski definition) is 1. The molecule has 4 nitrogen and oxygen atoms in total. The molecule has 1 amide bonds. The van der Waals surface area contributed by atoms with E-state index in [1.54, 1.807) is 55.5 Å². The number of halogens is 4. The van der Waals surface area contributed by atoms with Crippen LogP contribution in [0.2, 0.25) is 5.02 Å². The van der Waals surface area contributed by atoms with Crippen LogP contribution in [0.25, 0.3) is 0 Å². The molecular formula is C19H19ClF3NO3. The summed E-state index contributed by atoms with van der Waals surface area (Å²) in [5.74, 6) is 0.195. The maximum Gasteiger partial charge on any atom is 0.411 e. The summed E-state index contributed by atoms with van der Waals surface area (Å²) in [6, 6.07) is 13.5. The van der Waals surface area contributed by atoms with E-state index in [9.17, 15) is 18.0 Å². The number of alkyl halides is 3. The van der Waals surface area contributed by atoms with Gasteiger partial charge in [-0.2, -0.15) is 13.2 Å². The summed E-state index contributed by atoms with van der Waals surface area (Å²) in [4.78, 5) is 12.1. The third kappa shape index (κ3) is 7.88. The van der Waals surface area contributed by atoms with Gasteiger partial charge in [-0.15, -0.1) is 0 Å². The standard InChI is InChI=1S/C19H19ClF3NO3/c1-13(27-17-4-2-3-16(20)9-17)18(25)24-10-14-5-7-15(8-6-14)11-26-12-19(21,22)23/h2-9,13H,10-12H2,1H3,(H,24,25). The van der Waals surface area contributed by atoms with Crippen LogP contribution >= 0.6 is 11.6 Å². The first-order valence-corrected chi connectivity index (χ1v) is 8.53. The summed E-state index contributed by atoms with van der Waals surface area (Å²) in [5, 5.41) is 3.25. The fourth-order valence-electron chi connectivity index (χ4n) is 2.17. The number of amides is 1. The fraction of sp³-hybridized carbons (Fsp3) is 0.316. The van der Waals surface area contributed by atoms with Gasteiger partial charge >= 0.3 is 6.18 Å². The second kappa shape index (κ2) is 9.62. The van der Waals surface area contributed by atoms with E-state index in [2.05, 4.69) is 10.1 Å². The van der Waals surface area contributed by atoms with Crippen molar-refractivity contribution in [2.45, 2.75) is 32.4 Å². The van der Waals surface area contributed by atoms with E-state index in [1.165, 1.54) is 0 Å². The molecule has 1 atom stereocenters. The molecule has 0 heterocycles. The van der Waals surface area contributed by atoms with Crippen molar-refractivity contribution in [2.24, 2.45) is 0 Å². The molecule has 0 aliphatic heterocycles. The number of ether oxygens (including phenoxy) is 2. The fourth-order valence-corrected chi connectivity index (χ4v) is 2.35. The Balaban J connectivity index is 1.77. The number of nitrogens with one attached hydrogen (secondary N) is 1. The Morgan fingerprint density at radius 1 is 1.15 bits per heavy atom. The first kappa shape index (κ1) is 21.1. The van der Waals surface area contributed by atoms with Gasteiger partial charge in [0.1, 0.15) is 12.4 Å². The minimum atomic E-state index is -4.34. The molecule has 0 aliphatic rings. The van der Waals surface area contributed by atoms with Crippen LogP contribution in [0.4, 0.5) is 13.2 Å². The number of carbonyl (C=O) groups excluding carboxylic acids is 1. The molecule has 0 saturated heterocycles. The van der Waals surface area contributed by atoms with Gasteiger partial charge in [-0.1, -0.05) is 41.9 Å². The number of carbonyl (C=O) groups is 1. The number of hydrogen-bond acceptors (Lipinski definition) is 3. The van der Waals surface area contributed by atoms with Gasteiger partial charge in [0.05, 0.1) is 6.61 Å². The van der Waals surface area contributed by atoms with Gasteiger partial charge in [-0.25, -0.2) is 0 Å². The molecule has 0 saturated carbocycles. The van der Waals surface area contributed by atoms with Crippen molar-refractivity contribution < 1.29 is 27.4 Å². The summed E-state index contributed by atoms with van der Waals surface area (Å²) in [6.07, 6.45) is -5.05. The summed E-state index contributed by atoms with van der Waals surface area (Å²) in [5.41, 5.74) is 1.42. The summed E-state index contributed by atoms with van der Waals surface area (Å²) >= 11 is 5.87. The van der Waals surface area contributed by atoms with Gasteiger partial charge in [-0.3, -0.25) is 4.79 Å². The highest BCUT2D eigenvalue weighted by molar-refractivity contribution is 6.30. The Bertz CT molecular complexity index is 751. The smallest absolute Gasteiger partial charge is 0.411 e.